The second-order valence-corrected chi connectivity index (χ2v) is 9.08. The largest absolute Gasteiger partial charge is 0.484 e. The molecule has 1 aliphatic rings. The highest BCUT2D eigenvalue weighted by Crippen LogP contribution is 2.32. The van der Waals surface area contributed by atoms with Crippen LogP contribution in [0.1, 0.15) is 49.5 Å². The minimum Gasteiger partial charge on any atom is -0.484 e. The maximum Gasteiger partial charge on any atom is 0.148 e. The van der Waals surface area contributed by atoms with Crippen molar-refractivity contribution < 1.29 is 9.13 Å². The van der Waals surface area contributed by atoms with Gasteiger partial charge in [-0.2, -0.15) is 15.5 Å². The van der Waals surface area contributed by atoms with Crippen LogP contribution in [0.15, 0.2) is 59.1 Å². The smallest absolute Gasteiger partial charge is 0.148 e. The predicted molar refractivity (Wildman–Crippen MR) is 140 cm³/mol. The molecule has 0 aliphatic carbocycles. The number of pyridine rings is 2. The van der Waals surface area contributed by atoms with Gasteiger partial charge in [0, 0.05) is 35.1 Å². The van der Waals surface area contributed by atoms with Crippen molar-refractivity contribution in [1.29, 1.82) is 5.26 Å². The summed E-state index contributed by atoms with van der Waals surface area (Å²) in [6, 6.07) is 8.76. The Morgan fingerprint density at radius 2 is 2.08 bits per heavy atom. The van der Waals surface area contributed by atoms with Gasteiger partial charge in [0.25, 0.3) is 0 Å². The van der Waals surface area contributed by atoms with E-state index in [9.17, 15) is 9.65 Å². The quantitative estimate of drug-likeness (QED) is 0.236. The number of benzene rings is 1. The summed E-state index contributed by atoms with van der Waals surface area (Å²) in [5, 5.41) is 22.9. The zero-order chi connectivity index (χ0) is 25.9. The summed E-state index contributed by atoms with van der Waals surface area (Å²) in [5.74, 6) is 5.94. The molecule has 37 heavy (non-hydrogen) atoms. The average Bonchev–Trinajstić information content (AvgIpc) is 3.32. The summed E-state index contributed by atoms with van der Waals surface area (Å²) in [7, 11) is 0. The van der Waals surface area contributed by atoms with Crippen molar-refractivity contribution in [2.75, 3.05) is 13.1 Å². The minimum absolute atomic E-state index is 0.205. The van der Waals surface area contributed by atoms with E-state index in [1.807, 2.05) is 13.8 Å². The number of hydrazone groups is 1. The number of ether oxygens (including phenoxy) is 1. The van der Waals surface area contributed by atoms with Crippen molar-refractivity contribution in [2.24, 2.45) is 15.9 Å². The van der Waals surface area contributed by atoms with Gasteiger partial charge >= 0.3 is 0 Å². The van der Waals surface area contributed by atoms with Crippen LogP contribution in [0.4, 0.5) is 4.39 Å². The summed E-state index contributed by atoms with van der Waals surface area (Å²) in [5.41, 5.74) is 3.60. The molecule has 5 rings (SSSR count). The number of nitrogens with zero attached hydrogens (tertiary/aromatic N) is 6. The van der Waals surface area contributed by atoms with E-state index in [1.54, 1.807) is 35.2 Å². The van der Waals surface area contributed by atoms with Crippen LogP contribution in [-0.4, -0.2) is 45.2 Å². The summed E-state index contributed by atoms with van der Waals surface area (Å²) in [4.78, 5) is 9.14. The zero-order valence-corrected chi connectivity index (χ0v) is 20.6. The molecule has 0 spiro atoms. The number of aliphatic imine (C=N–C) groups is 1. The maximum atomic E-state index is 13.8. The van der Waals surface area contributed by atoms with Gasteiger partial charge in [-0.25, -0.2) is 8.91 Å². The van der Waals surface area contributed by atoms with Crippen LogP contribution in [0, 0.1) is 17.1 Å². The van der Waals surface area contributed by atoms with Crippen molar-refractivity contribution >= 4 is 27.7 Å². The van der Waals surface area contributed by atoms with Crippen LogP contribution >= 0.6 is 0 Å². The maximum absolute atomic E-state index is 13.8. The second-order valence-electron chi connectivity index (χ2n) is 9.08. The molecule has 3 N–H and O–H groups in total. The van der Waals surface area contributed by atoms with Gasteiger partial charge in [-0.15, -0.1) is 0 Å². The lowest BCUT2D eigenvalue weighted by molar-refractivity contribution is 0.230. The molecule has 9 nitrogen and oxygen atoms in total. The van der Waals surface area contributed by atoms with Gasteiger partial charge in [0.2, 0.25) is 0 Å². The Morgan fingerprint density at radius 3 is 2.84 bits per heavy atom. The first kappa shape index (κ1) is 24.3. The standard InChI is InChI=1S/C27H27FN8O/c1-16(34-22-5-7-31-8-6-22)26(35-30)19-10-25(27-20(11-29)13-33-36(27)15-19)37-17(2)24-14-32-12-18-9-21(28)3-4-23(18)24/h3-4,9-10,12-15,17,22,31H,5-8,30H2,1-2H3/b34-16?,35-26+. The van der Waals surface area contributed by atoms with Crippen LogP contribution in [-0.2, 0) is 0 Å². The first-order valence-electron chi connectivity index (χ1n) is 12.1. The lowest BCUT2D eigenvalue weighted by Crippen LogP contribution is -2.31. The normalized spacial score (nSPS) is 16.2. The molecule has 10 heteroatoms. The van der Waals surface area contributed by atoms with Gasteiger partial charge in [0.15, 0.2) is 0 Å². The molecule has 4 heterocycles. The molecule has 4 aromatic rings. The molecular weight excluding hydrogens is 471 g/mol. The van der Waals surface area contributed by atoms with E-state index >= 15 is 0 Å². The summed E-state index contributed by atoms with van der Waals surface area (Å²) >= 11 is 0. The Kier molecular flexibility index (Phi) is 6.79. The Labute approximate surface area is 213 Å². The van der Waals surface area contributed by atoms with Gasteiger partial charge in [-0.3, -0.25) is 9.98 Å². The Morgan fingerprint density at radius 1 is 1.27 bits per heavy atom. The number of nitrogens with two attached hydrogens (primary N) is 1. The minimum atomic E-state index is -0.468. The predicted octanol–water partition coefficient (Wildman–Crippen LogP) is 3.91. The third-order valence-corrected chi connectivity index (χ3v) is 6.62. The Balaban J connectivity index is 1.56. The van der Waals surface area contributed by atoms with Gasteiger partial charge in [-0.05, 0) is 63.4 Å². The third kappa shape index (κ3) is 4.86. The number of piperidine rings is 1. The highest BCUT2D eigenvalue weighted by atomic mass is 19.1. The molecular formula is C27H27FN8O. The van der Waals surface area contributed by atoms with Crippen molar-refractivity contribution in [2.45, 2.75) is 38.8 Å². The van der Waals surface area contributed by atoms with Gasteiger partial charge in [-0.1, -0.05) is 6.07 Å². The van der Waals surface area contributed by atoms with Crippen molar-refractivity contribution in [3.8, 4) is 11.8 Å². The highest BCUT2D eigenvalue weighted by Gasteiger charge is 2.21. The van der Waals surface area contributed by atoms with Crippen LogP contribution in [0.3, 0.4) is 0 Å². The number of fused-ring (bicyclic) bond motifs is 2. The molecule has 0 bridgehead atoms. The van der Waals surface area contributed by atoms with E-state index in [1.165, 1.54) is 18.3 Å². The van der Waals surface area contributed by atoms with E-state index in [-0.39, 0.29) is 11.9 Å². The van der Waals surface area contributed by atoms with Gasteiger partial charge in [0.1, 0.15) is 40.5 Å². The molecule has 0 saturated carbocycles. The molecule has 1 saturated heterocycles. The number of aromatic nitrogens is 3. The van der Waals surface area contributed by atoms with Crippen molar-refractivity contribution in [3.05, 3.63) is 71.6 Å². The number of rotatable bonds is 6. The van der Waals surface area contributed by atoms with Crippen LogP contribution in [0.2, 0.25) is 0 Å². The van der Waals surface area contributed by atoms with E-state index < -0.39 is 6.10 Å². The fraction of sp³-hybridized carbons (Fsp3) is 0.296. The van der Waals surface area contributed by atoms with Crippen LogP contribution < -0.4 is 15.9 Å². The SMILES string of the molecule is CC(=NC1CCNCC1)/C(=N\N)c1cc(OC(C)c2cncc3cc(F)ccc23)c2c(C#N)cnn2c1. The van der Waals surface area contributed by atoms with E-state index in [2.05, 4.69) is 26.6 Å². The number of nitriles is 1. The first-order valence-corrected chi connectivity index (χ1v) is 12.1. The first-order chi connectivity index (χ1) is 18.0. The third-order valence-electron chi connectivity index (χ3n) is 6.62. The van der Waals surface area contributed by atoms with Crippen LogP contribution in [0.5, 0.6) is 5.75 Å². The molecule has 1 fully saturated rings. The van der Waals surface area contributed by atoms with E-state index in [4.69, 9.17) is 15.6 Å². The molecule has 1 atom stereocenters. The molecule has 1 aromatic carbocycles. The fourth-order valence-corrected chi connectivity index (χ4v) is 4.78. The van der Waals surface area contributed by atoms with Gasteiger partial charge in [0.05, 0.1) is 18.0 Å². The second kappa shape index (κ2) is 10.3. The number of halogens is 1. The van der Waals surface area contributed by atoms with Crippen LogP contribution in [0.25, 0.3) is 16.3 Å². The monoisotopic (exact) mass is 498 g/mol. The van der Waals surface area contributed by atoms with Crippen molar-refractivity contribution in [3.63, 3.8) is 0 Å². The summed E-state index contributed by atoms with van der Waals surface area (Å²) in [6.45, 7) is 5.63. The molecule has 1 unspecified atom stereocenters. The molecule has 0 amide bonds. The lowest BCUT2D eigenvalue weighted by Gasteiger charge is -2.20. The van der Waals surface area contributed by atoms with E-state index in [0.717, 1.165) is 42.6 Å². The average molecular weight is 499 g/mol. The lowest BCUT2D eigenvalue weighted by atomic mass is 10.0. The number of nitrogens with one attached hydrogen (secondary N) is 1. The summed E-state index contributed by atoms with van der Waals surface area (Å²) < 4.78 is 21.8. The Hall–Kier alpha value is -4.36. The van der Waals surface area contributed by atoms with Gasteiger partial charge < -0.3 is 15.9 Å². The molecule has 1 aliphatic heterocycles. The van der Waals surface area contributed by atoms with E-state index in [0.29, 0.717) is 33.5 Å². The molecule has 188 valence electrons. The van der Waals surface area contributed by atoms with Crippen molar-refractivity contribution in [1.82, 2.24) is 19.9 Å². The Bertz CT molecular complexity index is 1560. The number of hydrogen-bond donors (Lipinski definition) is 2. The molecule has 3 aromatic heterocycles. The zero-order valence-electron chi connectivity index (χ0n) is 20.6. The molecule has 0 radical (unpaired) electrons. The fourth-order valence-electron chi connectivity index (χ4n) is 4.78. The highest BCUT2D eigenvalue weighted by molar-refractivity contribution is 6.47. The topological polar surface area (TPSA) is 126 Å². The summed E-state index contributed by atoms with van der Waals surface area (Å²) in [6.07, 6.45) is 8.02. The number of hydrogen-bond acceptors (Lipinski definition) is 8.